The molecule has 0 bridgehead atoms. The average Bonchev–Trinajstić information content (AvgIpc) is 1.00. The Labute approximate surface area is 69.4 Å². The fraction of sp³-hybridized carbons (Fsp3) is 0. The second-order valence-electron chi connectivity index (χ2n) is 0. The zero-order valence-corrected chi connectivity index (χ0v) is 6.02. The van der Waals surface area contributed by atoms with Crippen LogP contribution in [-0.2, 0) is 69.9 Å². The van der Waals surface area contributed by atoms with E-state index in [-0.39, 0.29) is 50.3 Å². The second-order valence-corrected chi connectivity index (χ2v) is 0. The Kier molecular flexibility index (Phi) is 236. The van der Waals surface area contributed by atoms with E-state index >= 15 is 0 Å². The second kappa shape index (κ2) is 40.7. The van der Waals surface area contributed by atoms with Crippen LogP contribution in [0, 0.1) is 0 Å². The van der Waals surface area contributed by atoms with Gasteiger partial charge in [0.15, 0.2) is 0 Å². The van der Waals surface area contributed by atoms with E-state index in [9.17, 15) is 0 Å². The Morgan fingerprint density at radius 1 is 1.20 bits per heavy atom. The summed E-state index contributed by atoms with van der Waals surface area (Å²) < 4.78 is 7.94. The molecule has 1 nitrogen and oxygen atoms in total. The van der Waals surface area contributed by atoms with E-state index in [2.05, 4.69) is 15.7 Å². The third kappa shape index (κ3) is 25.6. The van der Waals surface area contributed by atoms with Crippen LogP contribution in [0.15, 0.2) is 0 Å². The first-order chi connectivity index (χ1) is 1.00. The van der Waals surface area contributed by atoms with E-state index in [0.717, 1.165) is 0 Å². The van der Waals surface area contributed by atoms with Gasteiger partial charge >= 0.3 is 19.5 Å². The van der Waals surface area contributed by atoms with Gasteiger partial charge in [0.05, 0.1) is 0 Å². The number of hydrogen-bond donors (Lipinski definition) is 0. The Bertz CT molecular complexity index is 9.61. The minimum atomic E-state index is 0. The van der Waals surface area contributed by atoms with Gasteiger partial charge in [-0.05, 0) is 0 Å². The van der Waals surface area contributed by atoms with Gasteiger partial charge in [-0.2, -0.15) is 0 Å². The Hall–Kier alpha value is 1.83. The van der Waals surface area contributed by atoms with Gasteiger partial charge in [0.25, 0.3) is 0 Å². The van der Waals surface area contributed by atoms with Crippen LogP contribution in [0.2, 0.25) is 0 Å². The maximum absolute atomic E-state index is 7.94. The molecule has 0 saturated heterocycles. The van der Waals surface area contributed by atoms with Crippen LogP contribution < -0.4 is 0 Å². The van der Waals surface area contributed by atoms with Crippen LogP contribution in [0.5, 0.6) is 0 Å². The SMILES string of the molecule is [Co].[Mn].[Ni].[O]=[Co]. The summed E-state index contributed by atoms with van der Waals surface area (Å²) in [7, 11) is 0. The van der Waals surface area contributed by atoms with Crippen molar-refractivity contribution in [1.29, 1.82) is 0 Å². The van der Waals surface area contributed by atoms with Gasteiger partial charge in [0.1, 0.15) is 0 Å². The molecule has 5 heteroatoms. The average molecular weight is 247 g/mol. The van der Waals surface area contributed by atoms with Crippen LogP contribution in [0.25, 0.3) is 0 Å². The van der Waals surface area contributed by atoms with Gasteiger partial charge in [-0.25, -0.2) is 0 Å². The fourth-order valence-electron chi connectivity index (χ4n) is 0. The molecule has 0 atom stereocenters. The predicted molar refractivity (Wildman–Crippen MR) is 0.686 cm³/mol. The normalized spacial score (nSPS) is 1.00. The van der Waals surface area contributed by atoms with Gasteiger partial charge in [-0.1, -0.05) is 0 Å². The van der Waals surface area contributed by atoms with Crippen molar-refractivity contribution in [3.63, 3.8) is 0 Å². The first-order valence-corrected chi connectivity index (χ1v) is 0.561. The van der Waals surface area contributed by atoms with Crippen molar-refractivity contribution < 1.29 is 69.9 Å². The van der Waals surface area contributed by atoms with Crippen molar-refractivity contribution in [2.45, 2.75) is 0 Å². The predicted octanol–water partition coefficient (Wildman–Crippen LogP) is -0.129. The maximum atomic E-state index is 7.94. The first-order valence-electron chi connectivity index (χ1n) is 0.136. The fourth-order valence-corrected chi connectivity index (χ4v) is 0. The van der Waals surface area contributed by atoms with E-state index in [1.807, 2.05) is 0 Å². The van der Waals surface area contributed by atoms with Crippen molar-refractivity contribution in [2.24, 2.45) is 0 Å². The Balaban J connectivity index is -0.00000000167. The van der Waals surface area contributed by atoms with Gasteiger partial charge in [0.2, 0.25) is 0 Å². The summed E-state index contributed by atoms with van der Waals surface area (Å²) >= 11 is 2.31. The van der Waals surface area contributed by atoms with Crippen molar-refractivity contribution >= 4 is 0 Å². The molecule has 0 rings (SSSR count). The standard InChI is InChI=1S/2Co.Mn.Ni.O. The van der Waals surface area contributed by atoms with Crippen LogP contribution in [0.4, 0.5) is 0 Å². The molecule has 0 aliphatic heterocycles. The van der Waals surface area contributed by atoms with E-state index < -0.39 is 0 Å². The van der Waals surface area contributed by atoms with Gasteiger partial charge in [-0.15, -0.1) is 0 Å². The van der Waals surface area contributed by atoms with E-state index in [1.54, 1.807) is 0 Å². The molecular formula is Co2MnNiO. The summed E-state index contributed by atoms with van der Waals surface area (Å²) in [6.45, 7) is 0. The molecule has 5 heavy (non-hydrogen) atoms. The van der Waals surface area contributed by atoms with Crippen molar-refractivity contribution in [1.82, 2.24) is 0 Å². The molecule has 0 aliphatic rings. The third-order valence-electron chi connectivity index (χ3n) is 0. The van der Waals surface area contributed by atoms with E-state index in [1.165, 1.54) is 0 Å². The van der Waals surface area contributed by atoms with E-state index in [4.69, 9.17) is 3.87 Å². The zero-order valence-electron chi connectivity index (χ0n) is 1.77. The number of rotatable bonds is 0. The monoisotopic (exact) mass is 247 g/mol. The summed E-state index contributed by atoms with van der Waals surface area (Å²) in [5.41, 5.74) is 0. The summed E-state index contributed by atoms with van der Waals surface area (Å²) in [6.07, 6.45) is 0. The van der Waals surface area contributed by atoms with Crippen molar-refractivity contribution in [3.8, 4) is 0 Å². The summed E-state index contributed by atoms with van der Waals surface area (Å²) in [5.74, 6) is 0. The van der Waals surface area contributed by atoms with Gasteiger partial charge in [0, 0.05) is 50.3 Å². The quantitative estimate of drug-likeness (QED) is 0.545. The molecule has 2 radical (unpaired) electrons. The molecule has 0 spiro atoms. The number of hydrogen-bond acceptors (Lipinski definition) is 1. The van der Waals surface area contributed by atoms with Crippen molar-refractivity contribution in [2.75, 3.05) is 0 Å². The van der Waals surface area contributed by atoms with Crippen LogP contribution in [0.3, 0.4) is 0 Å². The van der Waals surface area contributed by atoms with E-state index in [0.29, 0.717) is 0 Å². The molecule has 0 unspecified atom stereocenters. The molecule has 41 valence electrons. The topological polar surface area (TPSA) is 17.1 Å². The molecule has 0 aliphatic carbocycles. The van der Waals surface area contributed by atoms with Crippen molar-refractivity contribution in [3.05, 3.63) is 0 Å². The summed E-state index contributed by atoms with van der Waals surface area (Å²) in [4.78, 5) is 0. The van der Waals surface area contributed by atoms with Crippen LogP contribution >= 0.6 is 0 Å². The zero-order chi connectivity index (χ0) is 2.00. The van der Waals surface area contributed by atoms with Gasteiger partial charge < -0.3 is 0 Å². The van der Waals surface area contributed by atoms with Crippen LogP contribution in [-0.4, -0.2) is 0 Å². The third-order valence-corrected chi connectivity index (χ3v) is 0. The summed E-state index contributed by atoms with van der Waals surface area (Å²) in [6, 6.07) is 0. The molecule has 0 saturated carbocycles. The van der Waals surface area contributed by atoms with Crippen LogP contribution in [0.1, 0.15) is 0 Å². The molecule has 0 heterocycles. The minimum absolute atomic E-state index is 0. The van der Waals surface area contributed by atoms with Gasteiger partial charge in [-0.3, -0.25) is 0 Å². The molecule has 0 fully saturated rings. The summed E-state index contributed by atoms with van der Waals surface area (Å²) in [5, 5.41) is 0. The molecular weight excluding hydrogens is 247 g/mol. The molecule has 0 amide bonds. The molecule has 0 N–H and O–H groups in total. The Morgan fingerprint density at radius 3 is 1.20 bits per heavy atom. The molecule has 0 aromatic carbocycles. The Morgan fingerprint density at radius 2 is 1.20 bits per heavy atom. The first kappa shape index (κ1) is 29.0. The molecule has 0 aromatic rings. The molecule has 0 aromatic heterocycles.